The molecule has 138 valence electrons. The second-order valence-electron chi connectivity index (χ2n) is 5.40. The molecule has 1 heterocycles. The van der Waals surface area contributed by atoms with Crippen molar-refractivity contribution in [3.8, 4) is 5.75 Å². The fourth-order valence-electron chi connectivity index (χ4n) is 2.50. The third-order valence-electron chi connectivity index (χ3n) is 3.69. The molecular weight excluding hydrogens is 362 g/mol. The number of aromatic nitrogens is 1. The number of ether oxygens (including phenoxy) is 1. The number of para-hydroxylation sites is 1. The van der Waals surface area contributed by atoms with E-state index in [1.165, 1.54) is 36.4 Å². The number of hydrogen-bond donors (Lipinski definition) is 2. The molecular formula is C18H12F2N2O5. The Morgan fingerprint density at radius 2 is 1.74 bits per heavy atom. The number of anilines is 1. The lowest BCUT2D eigenvalue weighted by molar-refractivity contribution is -0.0498. The van der Waals surface area contributed by atoms with Gasteiger partial charge in [0.1, 0.15) is 11.3 Å². The van der Waals surface area contributed by atoms with Gasteiger partial charge in [0.2, 0.25) is 5.43 Å². The molecule has 9 heteroatoms. The molecule has 0 atom stereocenters. The maximum absolute atomic E-state index is 12.6. The number of fused-ring (bicyclic) bond motifs is 1. The zero-order chi connectivity index (χ0) is 19.6. The zero-order valence-electron chi connectivity index (χ0n) is 13.6. The van der Waals surface area contributed by atoms with Crippen molar-refractivity contribution in [3.05, 3.63) is 70.5 Å². The van der Waals surface area contributed by atoms with Gasteiger partial charge in [-0.15, -0.1) is 0 Å². The lowest BCUT2D eigenvalue weighted by Gasteiger charge is -2.12. The number of amides is 1. The van der Waals surface area contributed by atoms with Crippen molar-refractivity contribution < 1.29 is 28.2 Å². The van der Waals surface area contributed by atoms with E-state index in [2.05, 4.69) is 10.1 Å². The van der Waals surface area contributed by atoms with E-state index in [-0.39, 0.29) is 22.3 Å². The molecule has 1 aromatic heterocycles. The van der Waals surface area contributed by atoms with E-state index >= 15 is 0 Å². The van der Waals surface area contributed by atoms with Crippen molar-refractivity contribution in [2.45, 2.75) is 6.61 Å². The predicted molar refractivity (Wildman–Crippen MR) is 92.7 cm³/mol. The standard InChI is InChI=1S/C18H12F2N2O5/c19-17(20)27-11-7-5-10(6-8-11)21-18(26)22-9-13(16(24)25)15(23)12-3-1-2-4-14(12)22/h1-9,17H,(H,21,26)(H,24,25). The Hall–Kier alpha value is -3.75. The molecule has 0 saturated carbocycles. The minimum Gasteiger partial charge on any atom is -0.477 e. The first-order chi connectivity index (χ1) is 12.9. The highest BCUT2D eigenvalue weighted by Gasteiger charge is 2.17. The van der Waals surface area contributed by atoms with Gasteiger partial charge in [-0.1, -0.05) is 12.1 Å². The topological polar surface area (TPSA) is 97.6 Å². The minimum absolute atomic E-state index is 0.0771. The van der Waals surface area contributed by atoms with Crippen LogP contribution in [0.5, 0.6) is 5.75 Å². The molecule has 0 fully saturated rings. The van der Waals surface area contributed by atoms with E-state index in [0.29, 0.717) is 0 Å². The largest absolute Gasteiger partial charge is 0.477 e. The first kappa shape index (κ1) is 18.1. The Morgan fingerprint density at radius 1 is 1.07 bits per heavy atom. The van der Waals surface area contributed by atoms with Crippen LogP contribution in [0.1, 0.15) is 10.4 Å². The van der Waals surface area contributed by atoms with E-state index in [0.717, 1.165) is 10.8 Å². The summed E-state index contributed by atoms with van der Waals surface area (Å²) < 4.78 is 29.6. The Kier molecular flexibility index (Phi) is 4.84. The summed E-state index contributed by atoms with van der Waals surface area (Å²) in [6, 6.07) is 10.5. The average Bonchev–Trinajstić information content (AvgIpc) is 2.63. The average molecular weight is 374 g/mol. The fraction of sp³-hybridized carbons (Fsp3) is 0.0556. The molecule has 2 aromatic carbocycles. The first-order valence-corrected chi connectivity index (χ1v) is 7.61. The maximum atomic E-state index is 12.6. The number of carboxylic acids is 1. The third-order valence-corrected chi connectivity index (χ3v) is 3.69. The van der Waals surface area contributed by atoms with Gasteiger partial charge in [-0.25, -0.2) is 9.59 Å². The molecule has 1 amide bonds. The van der Waals surface area contributed by atoms with Gasteiger partial charge in [0, 0.05) is 17.3 Å². The number of nitrogens with one attached hydrogen (secondary N) is 1. The first-order valence-electron chi connectivity index (χ1n) is 7.61. The number of benzene rings is 2. The molecule has 7 nitrogen and oxygen atoms in total. The van der Waals surface area contributed by atoms with Crippen molar-refractivity contribution in [1.82, 2.24) is 4.57 Å². The molecule has 0 bridgehead atoms. The highest BCUT2D eigenvalue weighted by Crippen LogP contribution is 2.19. The summed E-state index contributed by atoms with van der Waals surface area (Å²) in [6.45, 7) is -2.97. The minimum atomic E-state index is -2.97. The summed E-state index contributed by atoms with van der Waals surface area (Å²) in [5, 5.41) is 11.8. The van der Waals surface area contributed by atoms with Gasteiger partial charge >= 0.3 is 18.6 Å². The van der Waals surface area contributed by atoms with E-state index in [4.69, 9.17) is 0 Å². The van der Waals surface area contributed by atoms with Crippen LogP contribution in [-0.4, -0.2) is 28.3 Å². The molecule has 0 radical (unpaired) electrons. The number of alkyl halides is 2. The molecule has 3 rings (SSSR count). The number of rotatable bonds is 4. The molecule has 27 heavy (non-hydrogen) atoms. The normalized spacial score (nSPS) is 10.8. The molecule has 0 aliphatic heterocycles. The number of carbonyl (C=O) groups is 2. The number of hydrogen-bond acceptors (Lipinski definition) is 4. The predicted octanol–water partition coefficient (Wildman–Crippen LogP) is 3.38. The van der Waals surface area contributed by atoms with Crippen molar-refractivity contribution >= 4 is 28.6 Å². The van der Waals surface area contributed by atoms with E-state index in [1.807, 2.05) is 0 Å². The Bertz CT molecular complexity index is 1080. The van der Waals surface area contributed by atoms with Gasteiger partial charge in [-0.3, -0.25) is 9.36 Å². The summed E-state index contributed by atoms with van der Waals surface area (Å²) >= 11 is 0. The lowest BCUT2D eigenvalue weighted by Crippen LogP contribution is -2.25. The molecule has 2 N–H and O–H groups in total. The van der Waals surface area contributed by atoms with Crippen molar-refractivity contribution in [1.29, 1.82) is 0 Å². The smallest absolute Gasteiger partial charge is 0.387 e. The van der Waals surface area contributed by atoms with Crippen LogP contribution in [0, 0.1) is 0 Å². The van der Waals surface area contributed by atoms with Crippen LogP contribution in [0.4, 0.5) is 19.3 Å². The molecule has 0 unspecified atom stereocenters. The highest BCUT2D eigenvalue weighted by atomic mass is 19.3. The quantitative estimate of drug-likeness (QED) is 0.730. The van der Waals surface area contributed by atoms with Crippen molar-refractivity contribution in [2.75, 3.05) is 5.32 Å². The van der Waals surface area contributed by atoms with Crippen LogP contribution in [0.25, 0.3) is 10.9 Å². The number of aromatic carboxylic acids is 1. The molecule has 0 spiro atoms. The third kappa shape index (κ3) is 3.76. The van der Waals surface area contributed by atoms with E-state index < -0.39 is 29.6 Å². The number of pyridine rings is 1. The van der Waals surface area contributed by atoms with Gasteiger partial charge in [0.25, 0.3) is 0 Å². The summed E-state index contributed by atoms with van der Waals surface area (Å²) in [5.74, 6) is -1.54. The Morgan fingerprint density at radius 3 is 2.37 bits per heavy atom. The monoisotopic (exact) mass is 374 g/mol. The lowest BCUT2D eigenvalue weighted by atomic mass is 10.1. The van der Waals surface area contributed by atoms with Gasteiger partial charge in [-0.2, -0.15) is 8.78 Å². The van der Waals surface area contributed by atoms with Crippen LogP contribution in [0.15, 0.2) is 59.5 Å². The van der Waals surface area contributed by atoms with Crippen molar-refractivity contribution in [3.63, 3.8) is 0 Å². The van der Waals surface area contributed by atoms with Crippen molar-refractivity contribution in [2.24, 2.45) is 0 Å². The summed E-state index contributed by atoms with van der Waals surface area (Å²) in [7, 11) is 0. The summed E-state index contributed by atoms with van der Waals surface area (Å²) in [6.07, 6.45) is 0.941. The molecule has 3 aromatic rings. The highest BCUT2D eigenvalue weighted by molar-refractivity contribution is 6.00. The van der Waals surface area contributed by atoms with E-state index in [1.54, 1.807) is 12.1 Å². The molecule has 0 saturated heterocycles. The number of carbonyl (C=O) groups excluding carboxylic acids is 1. The number of halogens is 2. The maximum Gasteiger partial charge on any atom is 0.387 e. The summed E-state index contributed by atoms with van der Waals surface area (Å²) in [4.78, 5) is 36.1. The van der Waals surface area contributed by atoms with Crippen LogP contribution < -0.4 is 15.5 Å². The van der Waals surface area contributed by atoms with E-state index in [9.17, 15) is 28.3 Å². The zero-order valence-corrected chi connectivity index (χ0v) is 13.6. The molecule has 0 aliphatic carbocycles. The second-order valence-corrected chi connectivity index (χ2v) is 5.40. The number of nitrogens with zero attached hydrogens (tertiary/aromatic N) is 1. The Labute approximate surface area is 150 Å². The fourth-order valence-corrected chi connectivity index (χ4v) is 2.50. The van der Waals surface area contributed by atoms with Crippen LogP contribution in [0.3, 0.4) is 0 Å². The van der Waals surface area contributed by atoms with Crippen LogP contribution in [0.2, 0.25) is 0 Å². The SMILES string of the molecule is O=C(O)c1cn(C(=O)Nc2ccc(OC(F)F)cc2)c2ccccc2c1=O. The van der Waals surface area contributed by atoms with Gasteiger partial charge in [0.15, 0.2) is 0 Å². The van der Waals surface area contributed by atoms with Gasteiger partial charge in [0.05, 0.1) is 5.52 Å². The van der Waals surface area contributed by atoms with Gasteiger partial charge < -0.3 is 15.2 Å². The van der Waals surface area contributed by atoms with Crippen LogP contribution >= 0.6 is 0 Å². The second kappa shape index (κ2) is 7.24. The number of carboxylic acid groups (broad SMARTS) is 1. The Balaban J connectivity index is 1.97. The van der Waals surface area contributed by atoms with Gasteiger partial charge in [-0.05, 0) is 36.4 Å². The van der Waals surface area contributed by atoms with Crippen LogP contribution in [-0.2, 0) is 0 Å². The summed E-state index contributed by atoms with van der Waals surface area (Å²) in [5.41, 5.74) is -0.760. The molecule has 0 aliphatic rings.